The smallest absolute Gasteiger partial charge is 0.178 e. The van der Waals surface area contributed by atoms with Gasteiger partial charge in [0, 0.05) is 0 Å². The van der Waals surface area contributed by atoms with Gasteiger partial charge in [0.2, 0.25) is 0 Å². The molecule has 3 heteroatoms. The van der Waals surface area contributed by atoms with Gasteiger partial charge in [-0.25, -0.2) is 0 Å². The van der Waals surface area contributed by atoms with Crippen LogP contribution in [0.3, 0.4) is 0 Å². The van der Waals surface area contributed by atoms with Crippen molar-refractivity contribution in [2.45, 2.75) is 6.04 Å². The molecule has 0 unspecified atom stereocenters. The molecule has 0 aromatic heterocycles. The molecule has 0 aliphatic heterocycles. The third kappa shape index (κ3) is 1.32. The topological polar surface area (TPSA) is 53.3 Å². The first-order valence-corrected chi connectivity index (χ1v) is 2.63. The summed E-state index contributed by atoms with van der Waals surface area (Å²) >= 11 is 0. The van der Waals surface area contributed by atoms with Crippen molar-refractivity contribution < 1.29 is 9.91 Å². The molecule has 0 radical (unpaired) electrons. The quantitative estimate of drug-likeness (QED) is 0.452. The molecule has 1 aliphatic rings. The van der Waals surface area contributed by atoms with Crippen molar-refractivity contribution in [2.24, 2.45) is 0 Å². The van der Waals surface area contributed by atoms with Crippen LogP contribution in [0.2, 0.25) is 0 Å². The van der Waals surface area contributed by atoms with Crippen molar-refractivity contribution in [1.29, 1.82) is 0 Å². The van der Waals surface area contributed by atoms with Crippen LogP contribution in [0.4, 0.5) is 0 Å². The highest BCUT2D eigenvalue weighted by molar-refractivity contribution is 6.00. The molecule has 0 atom stereocenters. The molecule has 1 N–H and O–H groups in total. The zero-order valence-corrected chi connectivity index (χ0v) is 4.74. The van der Waals surface area contributed by atoms with E-state index in [9.17, 15) is 4.79 Å². The molecule has 46 valence electrons. The van der Waals surface area contributed by atoms with E-state index in [-0.39, 0.29) is 11.8 Å². The maximum absolute atomic E-state index is 10.4. The Bertz CT molecular complexity index is 177. The average molecular weight is 122 g/mol. The molecule has 0 bridgehead atoms. The van der Waals surface area contributed by atoms with Gasteiger partial charge in [-0.3, -0.25) is 4.79 Å². The van der Waals surface area contributed by atoms with E-state index >= 15 is 0 Å². The number of hydrogen-bond donors (Lipinski definition) is 1. The van der Waals surface area contributed by atoms with E-state index < -0.39 is 0 Å². The van der Waals surface area contributed by atoms with Crippen molar-refractivity contribution in [3.63, 3.8) is 0 Å². The Morgan fingerprint density at radius 3 is 2.44 bits per heavy atom. The Labute approximate surface area is 52.6 Å². The summed E-state index contributed by atoms with van der Waals surface area (Å²) in [5.41, 5.74) is 8.31. The number of rotatable bonds is 1. The molecule has 0 saturated carbocycles. The summed E-state index contributed by atoms with van der Waals surface area (Å²) in [4.78, 5) is 10.4. The van der Waals surface area contributed by atoms with Gasteiger partial charge in [0.1, 0.15) is 0 Å². The van der Waals surface area contributed by atoms with Crippen LogP contribution in [-0.2, 0) is 4.79 Å². The summed E-state index contributed by atoms with van der Waals surface area (Å²) in [7, 11) is 0. The predicted octanol–water partition coefficient (Wildman–Crippen LogP) is -0.848. The van der Waals surface area contributed by atoms with Gasteiger partial charge in [-0.2, -0.15) is 0 Å². The summed E-state index contributed by atoms with van der Waals surface area (Å²) in [6.45, 7) is 0. The Morgan fingerprint density at radius 1 is 1.44 bits per heavy atom. The van der Waals surface area contributed by atoms with Crippen molar-refractivity contribution in [3.05, 3.63) is 29.8 Å². The minimum absolute atomic E-state index is 0.0403. The number of carbonyl (C=O) groups is 1. The third-order valence-corrected chi connectivity index (χ3v) is 1.08. The second-order valence-corrected chi connectivity index (χ2v) is 1.78. The Kier molecular flexibility index (Phi) is 1.53. The van der Waals surface area contributed by atoms with E-state index in [1.165, 1.54) is 12.2 Å². The van der Waals surface area contributed by atoms with Gasteiger partial charge in [-0.05, 0) is 24.3 Å². The minimum atomic E-state index is -0.206. The molecule has 9 heavy (non-hydrogen) atoms. The summed E-state index contributed by atoms with van der Waals surface area (Å²) in [6, 6.07) is -0.206. The van der Waals surface area contributed by atoms with Crippen LogP contribution >= 0.6 is 0 Å². The van der Waals surface area contributed by atoms with Crippen LogP contribution < -0.4 is 5.11 Å². The lowest BCUT2D eigenvalue weighted by atomic mass is 10.1. The fraction of sp³-hybridized carbons (Fsp3) is 0.167. The lowest BCUT2D eigenvalue weighted by Gasteiger charge is -1.98. The van der Waals surface area contributed by atoms with E-state index in [0.29, 0.717) is 0 Å². The number of carbonyl (C=O) groups excluding carboxylic acids is 1. The first-order valence-electron chi connectivity index (χ1n) is 2.63. The van der Waals surface area contributed by atoms with Crippen molar-refractivity contribution in [3.8, 4) is 0 Å². The molecule has 0 spiro atoms. The van der Waals surface area contributed by atoms with Crippen LogP contribution in [0.25, 0.3) is 5.53 Å². The van der Waals surface area contributed by atoms with Gasteiger partial charge in [0.15, 0.2) is 11.8 Å². The molecule has 3 nitrogen and oxygen atoms in total. The predicted molar refractivity (Wildman–Crippen MR) is 31.4 cm³/mol. The molecule has 0 aromatic rings. The Hall–Kier alpha value is -1.25. The van der Waals surface area contributed by atoms with Crippen molar-refractivity contribution >= 4 is 5.78 Å². The summed E-state index contributed by atoms with van der Waals surface area (Å²) < 4.78 is 0. The van der Waals surface area contributed by atoms with Gasteiger partial charge in [-0.15, -0.1) is 0 Å². The number of nitrogens with zero attached hydrogens (tertiary/aromatic N) is 1. The zero-order valence-electron chi connectivity index (χ0n) is 4.74. The number of allylic oxidation sites excluding steroid dienone is 2. The number of ketones is 1. The second kappa shape index (κ2) is 2.35. The van der Waals surface area contributed by atoms with E-state index in [0.717, 1.165) is 0 Å². The number of hydrogen-bond acceptors (Lipinski definition) is 1. The zero-order chi connectivity index (χ0) is 6.69. The Balaban J connectivity index is 2.68. The first-order chi connectivity index (χ1) is 4.33. The van der Waals surface area contributed by atoms with E-state index in [1.54, 1.807) is 12.2 Å². The van der Waals surface area contributed by atoms with E-state index in [1.807, 2.05) is 5.11 Å². The SMILES string of the molecule is [N-]=[NH+]C1C=CC(=O)C=C1. The van der Waals surface area contributed by atoms with Gasteiger partial charge in [-0.1, -0.05) is 0 Å². The van der Waals surface area contributed by atoms with E-state index in [4.69, 9.17) is 5.53 Å². The van der Waals surface area contributed by atoms with Crippen molar-refractivity contribution in [2.75, 3.05) is 0 Å². The average Bonchev–Trinajstić information content (AvgIpc) is 1.90. The van der Waals surface area contributed by atoms with Gasteiger partial charge >= 0.3 is 0 Å². The molecular weight excluding hydrogens is 116 g/mol. The fourth-order valence-electron chi connectivity index (χ4n) is 0.603. The summed E-state index contributed by atoms with van der Waals surface area (Å²) in [5.74, 6) is -0.0403. The molecule has 0 aromatic carbocycles. The highest BCUT2D eigenvalue weighted by Gasteiger charge is 2.04. The van der Waals surface area contributed by atoms with Crippen LogP contribution in [0, 0.1) is 0 Å². The van der Waals surface area contributed by atoms with E-state index in [2.05, 4.69) is 0 Å². The van der Waals surface area contributed by atoms with Gasteiger partial charge < -0.3 is 10.6 Å². The third-order valence-electron chi connectivity index (χ3n) is 1.08. The molecule has 0 saturated heterocycles. The monoisotopic (exact) mass is 122 g/mol. The molecule has 1 aliphatic carbocycles. The Morgan fingerprint density at radius 2 is 2.00 bits per heavy atom. The maximum atomic E-state index is 10.4. The molecule has 0 heterocycles. The number of nitrogens with one attached hydrogen (secondary N) is 1. The standard InChI is InChI=1S/C6H6N2O/c7-8-5-1-3-6(9)4-2-5/h1-5,8H. The van der Waals surface area contributed by atoms with Crippen LogP contribution in [-0.4, -0.2) is 11.8 Å². The normalized spacial score (nSPS) is 18.4. The summed E-state index contributed by atoms with van der Waals surface area (Å²) in [6.07, 6.45) is 5.99. The molecule has 1 rings (SSSR count). The lowest BCUT2D eigenvalue weighted by Crippen LogP contribution is -2.70. The largest absolute Gasteiger partial charge is 0.508 e. The van der Waals surface area contributed by atoms with Crippen LogP contribution in [0.5, 0.6) is 0 Å². The molecule has 0 amide bonds. The van der Waals surface area contributed by atoms with Crippen LogP contribution in [0.15, 0.2) is 24.3 Å². The first kappa shape index (κ1) is 5.88. The minimum Gasteiger partial charge on any atom is -0.508 e. The fourth-order valence-corrected chi connectivity index (χ4v) is 0.603. The van der Waals surface area contributed by atoms with Gasteiger partial charge in [0.25, 0.3) is 0 Å². The van der Waals surface area contributed by atoms with Crippen molar-refractivity contribution in [1.82, 2.24) is 0 Å². The van der Waals surface area contributed by atoms with Gasteiger partial charge in [0.05, 0.1) is 0 Å². The lowest BCUT2D eigenvalue weighted by molar-refractivity contribution is -0.498. The van der Waals surface area contributed by atoms with Crippen LogP contribution in [0.1, 0.15) is 0 Å². The summed E-state index contributed by atoms with van der Waals surface area (Å²) in [5, 5.41) is 2.00. The maximum Gasteiger partial charge on any atom is 0.178 e. The molecular formula is C6H6N2O. The highest BCUT2D eigenvalue weighted by Crippen LogP contribution is 1.92. The second-order valence-electron chi connectivity index (χ2n) is 1.78. The highest BCUT2D eigenvalue weighted by atomic mass is 16.1. The molecule has 0 fully saturated rings.